The number of piperazine rings is 2. The van der Waals surface area contributed by atoms with E-state index in [2.05, 4.69) is 34.3 Å². The number of likely N-dealkylation sites (N-methyl/N-ethyl adjacent to an activating group) is 1. The number of nitrogens with one attached hydrogen (secondary N) is 1. The van der Waals surface area contributed by atoms with E-state index in [1.165, 1.54) is 5.56 Å². The van der Waals surface area contributed by atoms with Gasteiger partial charge in [-0.15, -0.1) is 0 Å². The van der Waals surface area contributed by atoms with Gasteiger partial charge < -0.3 is 20.0 Å². The van der Waals surface area contributed by atoms with Crippen LogP contribution in [0.5, 0.6) is 0 Å². The van der Waals surface area contributed by atoms with Crippen molar-refractivity contribution in [1.82, 2.24) is 14.7 Å². The molecule has 31 heavy (non-hydrogen) atoms. The minimum Gasteiger partial charge on any atom is -0.378 e. The zero-order valence-electron chi connectivity index (χ0n) is 18.3. The molecule has 0 saturated carbocycles. The van der Waals surface area contributed by atoms with E-state index in [1.807, 2.05) is 23.1 Å². The third-order valence-corrected chi connectivity index (χ3v) is 6.56. The summed E-state index contributed by atoms with van der Waals surface area (Å²) in [4.78, 5) is 44.8. The van der Waals surface area contributed by atoms with Crippen LogP contribution >= 0.6 is 0 Å². The molecule has 2 fully saturated rings. The summed E-state index contributed by atoms with van der Waals surface area (Å²) in [6, 6.07) is 10.4. The van der Waals surface area contributed by atoms with Gasteiger partial charge in [-0.05, 0) is 12.6 Å². The number of amides is 1. The number of nitrogens with zero attached hydrogens (tertiary/aromatic N) is 4. The molecule has 2 saturated heterocycles. The summed E-state index contributed by atoms with van der Waals surface area (Å²) in [5.41, 5.74) is 1.26. The van der Waals surface area contributed by atoms with Crippen molar-refractivity contribution < 1.29 is 4.79 Å². The lowest BCUT2D eigenvalue weighted by Crippen LogP contribution is -2.53. The smallest absolute Gasteiger partial charge is 0.253 e. The van der Waals surface area contributed by atoms with Gasteiger partial charge in [0.25, 0.3) is 10.9 Å². The molecular formula is C23H31N5O3. The highest BCUT2D eigenvalue weighted by molar-refractivity contribution is 5.77. The second kappa shape index (κ2) is 9.20. The lowest BCUT2D eigenvalue weighted by atomic mass is 10.0. The monoisotopic (exact) mass is 425 g/mol. The number of hydrogen-bond acceptors (Lipinski definition) is 7. The first kappa shape index (κ1) is 21.5. The van der Waals surface area contributed by atoms with Crippen LogP contribution in [-0.2, 0) is 4.79 Å². The summed E-state index contributed by atoms with van der Waals surface area (Å²) in [7, 11) is 2.13. The lowest BCUT2D eigenvalue weighted by Gasteiger charge is -2.39. The fourth-order valence-electron chi connectivity index (χ4n) is 4.56. The molecule has 2 aromatic rings. The van der Waals surface area contributed by atoms with Gasteiger partial charge in [0.15, 0.2) is 0 Å². The van der Waals surface area contributed by atoms with Crippen LogP contribution in [0.3, 0.4) is 0 Å². The normalized spacial score (nSPS) is 19.5. The van der Waals surface area contributed by atoms with Gasteiger partial charge in [0, 0.05) is 65.8 Å². The van der Waals surface area contributed by atoms with Crippen LogP contribution < -0.4 is 21.1 Å². The van der Waals surface area contributed by atoms with E-state index in [0.29, 0.717) is 44.1 Å². The second-order valence-electron chi connectivity index (χ2n) is 8.52. The molecule has 166 valence electrons. The van der Waals surface area contributed by atoms with Crippen LogP contribution in [0.2, 0.25) is 0 Å². The van der Waals surface area contributed by atoms with Crippen LogP contribution in [0.1, 0.15) is 18.5 Å². The predicted molar refractivity (Wildman–Crippen MR) is 123 cm³/mol. The molecule has 2 heterocycles. The van der Waals surface area contributed by atoms with E-state index in [9.17, 15) is 14.4 Å². The standard InChI is InChI=1S/C23H31N5O3/c1-17(29)26-12-14-28(15-13-26)21-20(22(30)23(21)31)24-16-19(18-6-4-3-5-7-18)27-10-8-25(2)9-11-27/h3-7,19,24H,8-16H2,1-2H3/t19-/m0/s1. The van der Waals surface area contributed by atoms with Gasteiger partial charge in [-0.25, -0.2) is 0 Å². The van der Waals surface area contributed by atoms with E-state index >= 15 is 0 Å². The molecule has 1 N–H and O–H groups in total. The maximum absolute atomic E-state index is 12.4. The number of hydrogen-bond donors (Lipinski definition) is 1. The van der Waals surface area contributed by atoms with Crippen LogP contribution in [-0.4, -0.2) is 86.6 Å². The first-order chi connectivity index (χ1) is 15.0. The summed E-state index contributed by atoms with van der Waals surface area (Å²) >= 11 is 0. The van der Waals surface area contributed by atoms with Crippen molar-refractivity contribution >= 4 is 17.3 Å². The Morgan fingerprint density at radius 3 is 2.19 bits per heavy atom. The van der Waals surface area contributed by atoms with Gasteiger partial charge in [-0.2, -0.15) is 0 Å². The Kier molecular flexibility index (Phi) is 6.38. The molecule has 8 heteroatoms. The average molecular weight is 426 g/mol. The summed E-state index contributed by atoms with van der Waals surface area (Å²) in [5.74, 6) is 0.0425. The third kappa shape index (κ3) is 4.50. The molecule has 8 nitrogen and oxygen atoms in total. The van der Waals surface area contributed by atoms with Crippen LogP contribution in [0, 0.1) is 0 Å². The summed E-state index contributed by atoms with van der Waals surface area (Å²) in [6.45, 7) is 8.35. The Labute approximate surface area is 182 Å². The Morgan fingerprint density at radius 1 is 0.935 bits per heavy atom. The van der Waals surface area contributed by atoms with E-state index in [1.54, 1.807) is 11.8 Å². The number of carbonyl (C=O) groups is 1. The van der Waals surface area contributed by atoms with E-state index in [0.717, 1.165) is 26.2 Å². The van der Waals surface area contributed by atoms with Crippen molar-refractivity contribution in [1.29, 1.82) is 0 Å². The molecule has 0 radical (unpaired) electrons. The van der Waals surface area contributed by atoms with E-state index < -0.39 is 10.9 Å². The van der Waals surface area contributed by atoms with Crippen LogP contribution in [0.15, 0.2) is 39.9 Å². The quantitative estimate of drug-likeness (QED) is 0.670. The van der Waals surface area contributed by atoms with Crippen molar-refractivity contribution in [3.05, 3.63) is 56.3 Å². The molecule has 0 aromatic heterocycles. The highest BCUT2D eigenvalue weighted by Crippen LogP contribution is 2.26. The Hall–Kier alpha value is -2.71. The van der Waals surface area contributed by atoms with Crippen molar-refractivity contribution in [2.45, 2.75) is 13.0 Å². The zero-order valence-corrected chi connectivity index (χ0v) is 18.3. The maximum Gasteiger partial charge on any atom is 0.253 e. The molecule has 0 aliphatic carbocycles. The van der Waals surface area contributed by atoms with Crippen molar-refractivity contribution in [3.8, 4) is 0 Å². The summed E-state index contributed by atoms with van der Waals surface area (Å²) < 4.78 is 0. The minimum atomic E-state index is -0.436. The summed E-state index contributed by atoms with van der Waals surface area (Å²) in [5, 5.41) is 3.32. The fraction of sp³-hybridized carbons (Fsp3) is 0.522. The van der Waals surface area contributed by atoms with Gasteiger partial charge in [0.2, 0.25) is 5.91 Å². The second-order valence-corrected chi connectivity index (χ2v) is 8.52. The zero-order chi connectivity index (χ0) is 22.0. The minimum absolute atomic E-state index is 0.0425. The maximum atomic E-state index is 12.4. The van der Waals surface area contributed by atoms with Gasteiger partial charge in [-0.1, -0.05) is 30.3 Å². The molecule has 4 rings (SSSR count). The van der Waals surface area contributed by atoms with E-state index in [-0.39, 0.29) is 11.9 Å². The molecule has 0 unspecified atom stereocenters. The highest BCUT2D eigenvalue weighted by Gasteiger charge is 2.30. The topological polar surface area (TPSA) is 76.2 Å². The number of carbonyl (C=O) groups excluding carboxylic acids is 1. The predicted octanol–water partition coefficient (Wildman–Crippen LogP) is 0.352. The number of anilines is 2. The van der Waals surface area contributed by atoms with Crippen LogP contribution in [0.4, 0.5) is 11.4 Å². The van der Waals surface area contributed by atoms with Gasteiger partial charge in [-0.3, -0.25) is 19.3 Å². The molecule has 2 aromatic carbocycles. The number of rotatable bonds is 6. The fourth-order valence-corrected chi connectivity index (χ4v) is 4.56. The molecule has 1 atom stereocenters. The lowest BCUT2D eigenvalue weighted by molar-refractivity contribution is -0.129. The molecular weight excluding hydrogens is 394 g/mol. The Balaban J connectivity index is 1.48. The summed E-state index contributed by atoms with van der Waals surface area (Å²) in [6.07, 6.45) is 0. The van der Waals surface area contributed by atoms with Crippen molar-refractivity contribution in [2.75, 3.05) is 76.2 Å². The first-order valence-corrected chi connectivity index (χ1v) is 11.0. The third-order valence-electron chi connectivity index (χ3n) is 6.56. The SMILES string of the molecule is CC(=O)N1CCN(c2c(NC[C@@H](c3ccccc3)N3CCN(C)CC3)c(=O)c2=O)CC1. The molecule has 0 spiro atoms. The van der Waals surface area contributed by atoms with Crippen molar-refractivity contribution in [2.24, 2.45) is 0 Å². The van der Waals surface area contributed by atoms with Crippen LogP contribution in [0.25, 0.3) is 0 Å². The Morgan fingerprint density at radius 2 is 1.58 bits per heavy atom. The van der Waals surface area contributed by atoms with E-state index in [4.69, 9.17) is 0 Å². The molecule has 2 aliphatic heterocycles. The first-order valence-electron chi connectivity index (χ1n) is 11.0. The van der Waals surface area contributed by atoms with Gasteiger partial charge in [0.05, 0.1) is 6.04 Å². The largest absolute Gasteiger partial charge is 0.378 e. The van der Waals surface area contributed by atoms with Gasteiger partial charge >= 0.3 is 0 Å². The molecule has 2 aliphatic rings. The average Bonchev–Trinajstić information content (AvgIpc) is 2.80. The number of benzene rings is 1. The highest BCUT2D eigenvalue weighted by atomic mass is 16.2. The van der Waals surface area contributed by atoms with Crippen molar-refractivity contribution in [3.63, 3.8) is 0 Å². The molecule has 0 bridgehead atoms. The van der Waals surface area contributed by atoms with Gasteiger partial charge in [0.1, 0.15) is 11.4 Å². The molecule has 1 amide bonds. The Bertz CT molecular complexity index is 969.